The van der Waals surface area contributed by atoms with Crippen molar-refractivity contribution in [3.8, 4) is 5.69 Å². The van der Waals surface area contributed by atoms with E-state index in [1.807, 2.05) is 31.3 Å². The van der Waals surface area contributed by atoms with Gasteiger partial charge in [-0.3, -0.25) is 0 Å². The lowest BCUT2D eigenvalue weighted by molar-refractivity contribution is 0.675. The molecule has 18 heavy (non-hydrogen) atoms. The zero-order valence-electron chi connectivity index (χ0n) is 10.8. The summed E-state index contributed by atoms with van der Waals surface area (Å²) < 4.78 is 1.81. The van der Waals surface area contributed by atoms with Crippen molar-refractivity contribution in [1.82, 2.24) is 15.1 Å². The Morgan fingerprint density at radius 3 is 2.78 bits per heavy atom. The van der Waals surface area contributed by atoms with Crippen molar-refractivity contribution in [2.75, 3.05) is 6.54 Å². The summed E-state index contributed by atoms with van der Waals surface area (Å²) in [6, 6.07) is 8.06. The molecule has 1 N–H and O–H groups in total. The Morgan fingerprint density at radius 2 is 2.17 bits per heavy atom. The van der Waals surface area contributed by atoms with Crippen molar-refractivity contribution in [1.29, 1.82) is 0 Å². The van der Waals surface area contributed by atoms with Crippen LogP contribution in [-0.4, -0.2) is 16.3 Å². The molecule has 0 atom stereocenters. The zero-order valence-corrected chi connectivity index (χ0v) is 11.5. The molecule has 0 saturated heterocycles. The number of rotatable bonds is 5. The fourth-order valence-corrected chi connectivity index (χ4v) is 2.09. The van der Waals surface area contributed by atoms with Crippen LogP contribution in [0, 0.1) is 6.92 Å². The molecule has 2 rings (SSSR count). The number of nitrogens with one attached hydrogen (secondary N) is 1. The van der Waals surface area contributed by atoms with Crippen LogP contribution in [0.4, 0.5) is 0 Å². The van der Waals surface area contributed by atoms with Gasteiger partial charge in [0.2, 0.25) is 0 Å². The van der Waals surface area contributed by atoms with Crippen LogP contribution in [0.5, 0.6) is 0 Å². The summed E-state index contributed by atoms with van der Waals surface area (Å²) >= 11 is 6.30. The molecule has 1 aromatic heterocycles. The van der Waals surface area contributed by atoms with Crippen molar-refractivity contribution in [3.05, 3.63) is 46.7 Å². The van der Waals surface area contributed by atoms with Gasteiger partial charge in [0.15, 0.2) is 0 Å². The first-order valence-corrected chi connectivity index (χ1v) is 6.60. The Labute approximate surface area is 113 Å². The van der Waals surface area contributed by atoms with E-state index in [9.17, 15) is 0 Å². The number of halogens is 1. The first-order chi connectivity index (χ1) is 8.70. The minimum Gasteiger partial charge on any atom is -0.313 e. The number of hydrogen-bond acceptors (Lipinski definition) is 2. The van der Waals surface area contributed by atoms with Gasteiger partial charge in [-0.2, -0.15) is 5.10 Å². The average Bonchev–Trinajstić information content (AvgIpc) is 2.76. The van der Waals surface area contributed by atoms with E-state index in [0.717, 1.165) is 35.9 Å². The molecular formula is C14H18ClN3. The lowest BCUT2D eigenvalue weighted by atomic mass is 10.2. The zero-order chi connectivity index (χ0) is 13.0. The van der Waals surface area contributed by atoms with E-state index in [4.69, 9.17) is 11.6 Å². The summed E-state index contributed by atoms with van der Waals surface area (Å²) in [7, 11) is 0. The molecule has 0 aliphatic carbocycles. The standard InChI is InChI=1S/C14H18ClN3/c1-3-7-16-10-12-4-5-14(13(15)9-12)18-8-6-11(2)17-18/h4-6,8-9,16H,3,7,10H2,1-2H3. The molecule has 4 heteroatoms. The Bertz CT molecular complexity index is 520. The summed E-state index contributed by atoms with van der Waals surface area (Å²) in [5.41, 5.74) is 3.10. The summed E-state index contributed by atoms with van der Waals surface area (Å²) in [4.78, 5) is 0. The summed E-state index contributed by atoms with van der Waals surface area (Å²) in [5.74, 6) is 0. The highest BCUT2D eigenvalue weighted by Gasteiger charge is 2.05. The normalized spacial score (nSPS) is 10.8. The van der Waals surface area contributed by atoms with Gasteiger partial charge >= 0.3 is 0 Å². The first kappa shape index (κ1) is 13.1. The van der Waals surface area contributed by atoms with Crippen molar-refractivity contribution in [3.63, 3.8) is 0 Å². The van der Waals surface area contributed by atoms with E-state index in [-0.39, 0.29) is 0 Å². The molecular weight excluding hydrogens is 246 g/mol. The van der Waals surface area contributed by atoms with Gasteiger partial charge < -0.3 is 5.32 Å². The maximum absolute atomic E-state index is 6.30. The molecule has 0 amide bonds. The van der Waals surface area contributed by atoms with Gasteiger partial charge in [0, 0.05) is 12.7 Å². The second kappa shape index (κ2) is 6.03. The van der Waals surface area contributed by atoms with Gasteiger partial charge in [-0.25, -0.2) is 4.68 Å². The van der Waals surface area contributed by atoms with Crippen LogP contribution in [0.2, 0.25) is 5.02 Å². The number of hydrogen-bond donors (Lipinski definition) is 1. The van der Waals surface area contributed by atoms with Gasteiger partial charge in [0.25, 0.3) is 0 Å². The summed E-state index contributed by atoms with van der Waals surface area (Å²) in [6.07, 6.45) is 3.06. The Balaban J connectivity index is 2.15. The number of nitrogens with zero attached hydrogens (tertiary/aromatic N) is 2. The van der Waals surface area contributed by atoms with E-state index in [0.29, 0.717) is 0 Å². The van der Waals surface area contributed by atoms with Crippen LogP contribution < -0.4 is 5.32 Å². The molecule has 3 nitrogen and oxygen atoms in total. The molecule has 0 radical (unpaired) electrons. The number of aromatic nitrogens is 2. The van der Waals surface area contributed by atoms with E-state index in [1.165, 1.54) is 5.56 Å². The van der Waals surface area contributed by atoms with Crippen LogP contribution in [-0.2, 0) is 6.54 Å². The molecule has 0 unspecified atom stereocenters. The third-order valence-electron chi connectivity index (χ3n) is 2.74. The average molecular weight is 264 g/mol. The van der Waals surface area contributed by atoms with E-state index >= 15 is 0 Å². The predicted molar refractivity (Wildman–Crippen MR) is 75.3 cm³/mol. The summed E-state index contributed by atoms with van der Waals surface area (Å²) in [6.45, 7) is 6.00. The topological polar surface area (TPSA) is 29.9 Å². The molecule has 0 aliphatic rings. The Morgan fingerprint density at radius 1 is 1.33 bits per heavy atom. The lowest BCUT2D eigenvalue weighted by Gasteiger charge is -2.08. The molecule has 0 spiro atoms. The van der Waals surface area contributed by atoms with Crippen molar-refractivity contribution in [2.24, 2.45) is 0 Å². The highest BCUT2D eigenvalue weighted by atomic mass is 35.5. The number of aryl methyl sites for hydroxylation is 1. The van der Waals surface area contributed by atoms with Crippen LogP contribution >= 0.6 is 11.6 Å². The maximum Gasteiger partial charge on any atom is 0.0832 e. The highest BCUT2D eigenvalue weighted by Crippen LogP contribution is 2.21. The van der Waals surface area contributed by atoms with Crippen LogP contribution in [0.1, 0.15) is 24.6 Å². The second-order valence-corrected chi connectivity index (χ2v) is 4.77. The smallest absolute Gasteiger partial charge is 0.0832 e. The Kier molecular flexibility index (Phi) is 4.39. The first-order valence-electron chi connectivity index (χ1n) is 6.22. The van der Waals surface area contributed by atoms with Gasteiger partial charge in [0.05, 0.1) is 16.4 Å². The van der Waals surface area contributed by atoms with Crippen LogP contribution in [0.25, 0.3) is 5.69 Å². The summed E-state index contributed by atoms with van der Waals surface area (Å²) in [5, 5.41) is 8.45. The molecule has 0 fully saturated rings. The van der Waals surface area contributed by atoms with E-state index < -0.39 is 0 Å². The molecule has 1 heterocycles. The maximum atomic E-state index is 6.30. The van der Waals surface area contributed by atoms with E-state index in [2.05, 4.69) is 23.4 Å². The molecule has 1 aromatic carbocycles. The second-order valence-electron chi connectivity index (χ2n) is 4.36. The minimum atomic E-state index is 0.730. The van der Waals surface area contributed by atoms with Gasteiger partial charge in [-0.05, 0) is 43.7 Å². The number of benzene rings is 1. The fraction of sp³-hybridized carbons (Fsp3) is 0.357. The SMILES string of the molecule is CCCNCc1ccc(-n2ccc(C)n2)c(Cl)c1. The molecule has 0 saturated carbocycles. The fourth-order valence-electron chi connectivity index (χ4n) is 1.80. The molecule has 96 valence electrons. The third kappa shape index (κ3) is 3.12. The largest absolute Gasteiger partial charge is 0.313 e. The van der Waals surface area contributed by atoms with Crippen molar-refractivity contribution < 1.29 is 0 Å². The third-order valence-corrected chi connectivity index (χ3v) is 3.04. The molecule has 0 aliphatic heterocycles. The molecule has 0 bridgehead atoms. The lowest BCUT2D eigenvalue weighted by Crippen LogP contribution is -2.13. The van der Waals surface area contributed by atoms with Crippen LogP contribution in [0.15, 0.2) is 30.5 Å². The van der Waals surface area contributed by atoms with Gasteiger partial charge in [-0.1, -0.05) is 24.6 Å². The quantitative estimate of drug-likeness (QED) is 0.839. The highest BCUT2D eigenvalue weighted by molar-refractivity contribution is 6.32. The van der Waals surface area contributed by atoms with Gasteiger partial charge in [-0.15, -0.1) is 0 Å². The minimum absolute atomic E-state index is 0.730. The predicted octanol–water partition coefficient (Wildman–Crippen LogP) is 3.33. The van der Waals surface area contributed by atoms with Crippen molar-refractivity contribution >= 4 is 11.6 Å². The molecule has 2 aromatic rings. The van der Waals surface area contributed by atoms with Crippen molar-refractivity contribution in [2.45, 2.75) is 26.8 Å². The van der Waals surface area contributed by atoms with Gasteiger partial charge in [0.1, 0.15) is 0 Å². The van der Waals surface area contributed by atoms with E-state index in [1.54, 1.807) is 4.68 Å². The Hall–Kier alpha value is -1.32. The van der Waals surface area contributed by atoms with Crippen LogP contribution in [0.3, 0.4) is 0 Å². The monoisotopic (exact) mass is 263 g/mol.